The SMILES string of the molecule is CCCCOC(=O)[C@H]1CC(c2ccccc2)(c2ccccc2)OO[C@@]1(C)O. The summed E-state index contributed by atoms with van der Waals surface area (Å²) < 4.78 is 5.39. The average Bonchev–Trinajstić information content (AvgIpc) is 2.69. The molecule has 2 aromatic rings. The standard InChI is InChI=1S/C22H26O5/c1-3-4-15-25-20(23)19-16-22(27-26-21(19,2)24,17-11-7-5-8-12-17)18-13-9-6-10-14-18/h5-14,19,24H,3-4,15-16H2,1-2H3/t19-,21-/m1/s1. The van der Waals surface area contributed by atoms with E-state index in [-0.39, 0.29) is 6.42 Å². The molecule has 5 heteroatoms. The molecule has 1 aliphatic rings. The third-order valence-corrected chi connectivity index (χ3v) is 5.00. The lowest BCUT2D eigenvalue weighted by Gasteiger charge is -2.45. The van der Waals surface area contributed by atoms with Crippen LogP contribution in [0, 0.1) is 5.92 Å². The maximum atomic E-state index is 12.7. The number of unbranched alkanes of at least 4 members (excludes halogenated alkanes) is 1. The molecular weight excluding hydrogens is 344 g/mol. The van der Waals surface area contributed by atoms with Crippen LogP contribution in [0.1, 0.15) is 44.2 Å². The number of ether oxygens (including phenoxy) is 1. The topological polar surface area (TPSA) is 65.0 Å². The van der Waals surface area contributed by atoms with Crippen molar-refractivity contribution in [3.05, 3.63) is 71.8 Å². The predicted octanol–water partition coefficient (Wildman–Crippen LogP) is 3.95. The molecule has 1 heterocycles. The van der Waals surface area contributed by atoms with Gasteiger partial charge in [0.25, 0.3) is 0 Å². The highest BCUT2D eigenvalue weighted by Crippen LogP contribution is 2.47. The summed E-state index contributed by atoms with van der Waals surface area (Å²) in [5.41, 5.74) is 0.676. The van der Waals surface area contributed by atoms with E-state index < -0.39 is 23.3 Å². The molecule has 0 aromatic heterocycles. The molecule has 1 N–H and O–H groups in total. The first-order valence-electron chi connectivity index (χ1n) is 9.36. The first-order valence-corrected chi connectivity index (χ1v) is 9.36. The lowest BCUT2D eigenvalue weighted by molar-refractivity contribution is -0.489. The Balaban J connectivity index is 1.98. The van der Waals surface area contributed by atoms with Gasteiger partial charge in [-0.25, -0.2) is 4.89 Å². The highest BCUT2D eigenvalue weighted by molar-refractivity contribution is 5.74. The quantitative estimate of drug-likeness (QED) is 0.474. The van der Waals surface area contributed by atoms with E-state index in [1.807, 2.05) is 67.6 Å². The van der Waals surface area contributed by atoms with Crippen molar-refractivity contribution in [1.82, 2.24) is 0 Å². The van der Waals surface area contributed by atoms with Crippen molar-refractivity contribution in [3.8, 4) is 0 Å². The van der Waals surface area contributed by atoms with E-state index in [1.54, 1.807) is 0 Å². The van der Waals surface area contributed by atoms with Crippen LogP contribution in [0.4, 0.5) is 0 Å². The Morgan fingerprint density at radius 2 is 1.63 bits per heavy atom. The monoisotopic (exact) mass is 370 g/mol. The smallest absolute Gasteiger partial charge is 0.314 e. The van der Waals surface area contributed by atoms with Crippen LogP contribution in [-0.2, 0) is 24.9 Å². The van der Waals surface area contributed by atoms with Crippen molar-refractivity contribution >= 4 is 5.97 Å². The average molecular weight is 370 g/mol. The normalized spacial score (nSPS) is 24.3. The molecule has 0 amide bonds. The minimum atomic E-state index is -1.77. The molecule has 2 atom stereocenters. The fourth-order valence-electron chi connectivity index (χ4n) is 3.36. The summed E-state index contributed by atoms with van der Waals surface area (Å²) >= 11 is 0. The van der Waals surface area contributed by atoms with Gasteiger partial charge in [0, 0.05) is 6.42 Å². The Labute approximate surface area is 159 Å². The van der Waals surface area contributed by atoms with Gasteiger partial charge >= 0.3 is 5.97 Å². The van der Waals surface area contributed by atoms with Crippen molar-refractivity contribution in [2.24, 2.45) is 5.92 Å². The molecule has 2 aromatic carbocycles. The van der Waals surface area contributed by atoms with Crippen LogP contribution >= 0.6 is 0 Å². The minimum Gasteiger partial charge on any atom is -0.465 e. The first-order chi connectivity index (χ1) is 13.0. The van der Waals surface area contributed by atoms with Gasteiger partial charge in [0.2, 0.25) is 5.79 Å². The fraction of sp³-hybridized carbons (Fsp3) is 0.409. The Morgan fingerprint density at radius 1 is 1.07 bits per heavy atom. The van der Waals surface area contributed by atoms with Gasteiger partial charge in [0.1, 0.15) is 5.92 Å². The van der Waals surface area contributed by atoms with Crippen LogP contribution in [0.5, 0.6) is 0 Å². The number of benzene rings is 2. The molecule has 27 heavy (non-hydrogen) atoms. The molecule has 0 aliphatic carbocycles. The Hall–Kier alpha value is -2.21. The fourth-order valence-corrected chi connectivity index (χ4v) is 3.36. The Kier molecular flexibility index (Phi) is 5.95. The molecule has 5 nitrogen and oxygen atoms in total. The van der Waals surface area contributed by atoms with Gasteiger partial charge in [-0.1, -0.05) is 74.0 Å². The molecule has 3 rings (SSSR count). The minimum absolute atomic E-state index is 0.207. The number of esters is 1. The van der Waals surface area contributed by atoms with Crippen molar-refractivity contribution < 1.29 is 24.4 Å². The number of hydrogen-bond acceptors (Lipinski definition) is 5. The highest BCUT2D eigenvalue weighted by Gasteiger charge is 2.54. The van der Waals surface area contributed by atoms with E-state index in [0.29, 0.717) is 6.61 Å². The van der Waals surface area contributed by atoms with E-state index in [4.69, 9.17) is 14.5 Å². The summed E-state index contributed by atoms with van der Waals surface area (Å²) in [5, 5.41) is 10.6. The molecule has 1 aliphatic heterocycles. The van der Waals surface area contributed by atoms with Gasteiger partial charge < -0.3 is 9.84 Å². The lowest BCUT2D eigenvalue weighted by atomic mass is 9.76. The zero-order valence-electron chi connectivity index (χ0n) is 15.8. The zero-order chi connectivity index (χ0) is 19.3. The van der Waals surface area contributed by atoms with E-state index in [0.717, 1.165) is 24.0 Å². The van der Waals surface area contributed by atoms with Crippen molar-refractivity contribution in [3.63, 3.8) is 0 Å². The van der Waals surface area contributed by atoms with Crippen LogP contribution in [-0.4, -0.2) is 23.5 Å². The van der Waals surface area contributed by atoms with Crippen molar-refractivity contribution in [1.29, 1.82) is 0 Å². The van der Waals surface area contributed by atoms with Gasteiger partial charge in [-0.05, 0) is 24.5 Å². The number of rotatable bonds is 6. The van der Waals surface area contributed by atoms with Crippen LogP contribution in [0.15, 0.2) is 60.7 Å². The molecular formula is C22H26O5. The second-order valence-corrected chi connectivity index (χ2v) is 7.06. The lowest BCUT2D eigenvalue weighted by Crippen LogP contribution is -2.53. The van der Waals surface area contributed by atoms with Crippen LogP contribution in [0.25, 0.3) is 0 Å². The second-order valence-electron chi connectivity index (χ2n) is 7.06. The summed E-state index contributed by atoms with van der Waals surface area (Å²) in [6, 6.07) is 19.2. The van der Waals surface area contributed by atoms with E-state index in [2.05, 4.69) is 0 Å². The van der Waals surface area contributed by atoms with Gasteiger partial charge in [0.15, 0.2) is 5.60 Å². The van der Waals surface area contributed by atoms with Crippen LogP contribution in [0.3, 0.4) is 0 Å². The Morgan fingerprint density at radius 3 is 2.15 bits per heavy atom. The third-order valence-electron chi connectivity index (χ3n) is 5.00. The van der Waals surface area contributed by atoms with Crippen LogP contribution in [0.2, 0.25) is 0 Å². The number of carbonyl (C=O) groups excluding carboxylic acids is 1. The molecule has 1 saturated heterocycles. The van der Waals surface area contributed by atoms with Crippen molar-refractivity contribution in [2.75, 3.05) is 6.61 Å². The summed E-state index contributed by atoms with van der Waals surface area (Å²) in [4.78, 5) is 23.9. The molecule has 0 saturated carbocycles. The number of hydrogen-bond donors (Lipinski definition) is 1. The summed E-state index contributed by atoms with van der Waals surface area (Å²) in [7, 11) is 0. The van der Waals surface area contributed by atoms with Gasteiger partial charge in [-0.15, -0.1) is 0 Å². The molecule has 0 radical (unpaired) electrons. The summed E-state index contributed by atoms with van der Waals surface area (Å²) in [5.74, 6) is -3.13. The Bertz CT molecular complexity index is 702. The van der Waals surface area contributed by atoms with E-state index in [9.17, 15) is 9.90 Å². The first kappa shape index (κ1) is 19.5. The molecule has 144 valence electrons. The van der Waals surface area contributed by atoms with Crippen molar-refractivity contribution in [2.45, 2.75) is 44.5 Å². The second kappa shape index (κ2) is 8.21. The molecule has 0 bridgehead atoms. The summed E-state index contributed by atoms with van der Waals surface area (Å²) in [6.45, 7) is 3.78. The number of carbonyl (C=O) groups is 1. The molecule has 1 fully saturated rings. The number of aliphatic hydroxyl groups is 1. The summed E-state index contributed by atoms with van der Waals surface area (Å²) in [6.07, 6.45) is 1.91. The maximum Gasteiger partial charge on any atom is 0.314 e. The molecule has 0 spiro atoms. The van der Waals surface area contributed by atoms with Gasteiger partial charge in [0.05, 0.1) is 6.61 Å². The maximum absolute atomic E-state index is 12.7. The third kappa shape index (κ3) is 4.05. The van der Waals surface area contributed by atoms with E-state index in [1.165, 1.54) is 6.92 Å². The van der Waals surface area contributed by atoms with Gasteiger partial charge in [-0.2, -0.15) is 4.89 Å². The zero-order valence-corrected chi connectivity index (χ0v) is 15.8. The van der Waals surface area contributed by atoms with E-state index >= 15 is 0 Å². The largest absolute Gasteiger partial charge is 0.465 e. The van der Waals surface area contributed by atoms with Crippen LogP contribution < -0.4 is 0 Å². The predicted molar refractivity (Wildman–Crippen MR) is 100 cm³/mol. The molecule has 0 unspecified atom stereocenters. The highest BCUT2D eigenvalue weighted by atomic mass is 17.2. The van der Waals surface area contributed by atoms with Gasteiger partial charge in [-0.3, -0.25) is 4.79 Å².